The maximum Gasteiger partial charge on any atom is 0.201 e. The van der Waals surface area contributed by atoms with Crippen molar-refractivity contribution in [1.82, 2.24) is 0 Å². The van der Waals surface area contributed by atoms with Gasteiger partial charge in [-0.2, -0.15) is 4.39 Å². The number of halogens is 2. The molecule has 0 radical (unpaired) electrons. The highest BCUT2D eigenvalue weighted by Gasteiger charge is 2.27. The number of unbranched alkanes of at least 4 members (excludes halogenated alkanes) is 2. The Morgan fingerprint density at radius 2 is 1.96 bits per heavy atom. The van der Waals surface area contributed by atoms with Crippen LogP contribution in [0.25, 0.3) is 6.08 Å². The summed E-state index contributed by atoms with van der Waals surface area (Å²) in [5, 5.41) is 0. The fraction of sp³-hybridized carbons (Fsp3) is 0.619. The van der Waals surface area contributed by atoms with Crippen LogP contribution in [-0.2, 0) is 0 Å². The van der Waals surface area contributed by atoms with Gasteiger partial charge in [0, 0.05) is 5.56 Å². The molecule has 1 aliphatic carbocycles. The second kappa shape index (κ2) is 8.13. The Morgan fingerprint density at radius 3 is 2.79 bits per heavy atom. The smallest absolute Gasteiger partial charge is 0.201 e. The molecule has 3 heteroatoms. The lowest BCUT2D eigenvalue weighted by Crippen LogP contribution is -2.09. The lowest BCUT2D eigenvalue weighted by atomic mass is 9.88. The molecule has 0 N–H and O–H groups in total. The van der Waals surface area contributed by atoms with Gasteiger partial charge in [0.2, 0.25) is 5.82 Å². The highest BCUT2D eigenvalue weighted by molar-refractivity contribution is 5.61. The maximum atomic E-state index is 14.6. The number of hydrogen-bond donors (Lipinski definition) is 0. The standard InChI is InChI=1S/C21H28F2O/c1-2-3-4-7-15-8-5-9-16(12-11-15)18-14-17-10-6-13-24-21(17)20(23)19(18)22/h6,10,14-16H,2-5,7-9,11-13H2,1H3. The lowest BCUT2D eigenvalue weighted by molar-refractivity contribution is 0.326. The minimum Gasteiger partial charge on any atom is -0.486 e. The minimum absolute atomic E-state index is 0.0739. The van der Waals surface area contributed by atoms with Crippen molar-refractivity contribution in [3.8, 4) is 5.75 Å². The minimum atomic E-state index is -0.810. The number of benzene rings is 1. The average Bonchev–Trinajstić information content (AvgIpc) is 2.84. The Labute approximate surface area is 144 Å². The van der Waals surface area contributed by atoms with Crippen LogP contribution in [0.2, 0.25) is 0 Å². The van der Waals surface area contributed by atoms with E-state index < -0.39 is 11.6 Å². The summed E-state index contributed by atoms with van der Waals surface area (Å²) in [5.41, 5.74) is 1.23. The predicted octanol–water partition coefficient (Wildman–Crippen LogP) is 6.61. The normalized spacial score (nSPS) is 23.5. The number of rotatable bonds is 5. The van der Waals surface area contributed by atoms with Gasteiger partial charge in [-0.25, -0.2) is 4.39 Å². The second-order valence-electron chi connectivity index (χ2n) is 7.29. The Morgan fingerprint density at radius 1 is 1.08 bits per heavy atom. The predicted molar refractivity (Wildman–Crippen MR) is 94.3 cm³/mol. The van der Waals surface area contributed by atoms with Crippen molar-refractivity contribution in [1.29, 1.82) is 0 Å². The summed E-state index contributed by atoms with van der Waals surface area (Å²) >= 11 is 0. The van der Waals surface area contributed by atoms with Gasteiger partial charge in [-0.1, -0.05) is 51.5 Å². The third-order valence-electron chi connectivity index (χ3n) is 5.58. The van der Waals surface area contributed by atoms with E-state index in [0.717, 1.165) is 31.6 Å². The molecule has 1 nitrogen and oxygen atoms in total. The zero-order valence-corrected chi connectivity index (χ0v) is 14.6. The van der Waals surface area contributed by atoms with E-state index in [1.165, 1.54) is 32.1 Å². The first-order valence-electron chi connectivity index (χ1n) is 9.52. The number of fused-ring (bicyclic) bond motifs is 1. The van der Waals surface area contributed by atoms with Gasteiger partial charge in [-0.3, -0.25) is 0 Å². The Hall–Kier alpha value is -1.38. The maximum absolute atomic E-state index is 14.6. The van der Waals surface area contributed by atoms with Gasteiger partial charge in [0.15, 0.2) is 11.6 Å². The van der Waals surface area contributed by atoms with Crippen molar-refractivity contribution in [3.05, 3.63) is 34.9 Å². The van der Waals surface area contributed by atoms with E-state index in [0.29, 0.717) is 17.7 Å². The molecule has 1 fully saturated rings. The highest BCUT2D eigenvalue weighted by atomic mass is 19.2. The molecule has 1 aromatic carbocycles. The summed E-state index contributed by atoms with van der Waals surface area (Å²) in [4.78, 5) is 0. The molecule has 1 aromatic rings. The van der Waals surface area contributed by atoms with Gasteiger partial charge >= 0.3 is 0 Å². The summed E-state index contributed by atoms with van der Waals surface area (Å²) in [6.07, 6.45) is 14.3. The van der Waals surface area contributed by atoms with Crippen LogP contribution in [0.15, 0.2) is 12.1 Å². The lowest BCUT2D eigenvalue weighted by Gasteiger charge is -2.20. The Bertz CT molecular complexity index is 594. The molecule has 1 saturated carbocycles. The van der Waals surface area contributed by atoms with Crippen LogP contribution < -0.4 is 4.74 Å². The van der Waals surface area contributed by atoms with Crippen molar-refractivity contribution in [2.75, 3.05) is 6.61 Å². The van der Waals surface area contributed by atoms with Crippen LogP contribution >= 0.6 is 0 Å². The van der Waals surface area contributed by atoms with Gasteiger partial charge in [-0.05, 0) is 48.8 Å². The van der Waals surface area contributed by atoms with Crippen molar-refractivity contribution in [2.24, 2.45) is 5.92 Å². The monoisotopic (exact) mass is 334 g/mol. The Balaban J connectivity index is 1.73. The van der Waals surface area contributed by atoms with Crippen LogP contribution in [0.4, 0.5) is 8.78 Å². The van der Waals surface area contributed by atoms with Gasteiger partial charge in [0.1, 0.15) is 6.61 Å². The molecule has 1 aliphatic heterocycles. The molecule has 0 aromatic heterocycles. The van der Waals surface area contributed by atoms with E-state index in [4.69, 9.17) is 4.74 Å². The fourth-order valence-corrected chi connectivity index (χ4v) is 4.18. The molecule has 3 rings (SSSR count). The van der Waals surface area contributed by atoms with Crippen LogP contribution in [0.5, 0.6) is 5.75 Å². The molecule has 2 atom stereocenters. The molecule has 0 bridgehead atoms. The quantitative estimate of drug-likeness (QED) is 0.434. The summed E-state index contributed by atoms with van der Waals surface area (Å²) in [6.45, 7) is 2.54. The van der Waals surface area contributed by atoms with Crippen molar-refractivity contribution in [2.45, 2.75) is 70.6 Å². The summed E-state index contributed by atoms with van der Waals surface area (Å²) < 4.78 is 34.2. The number of ether oxygens (including phenoxy) is 1. The molecule has 0 saturated heterocycles. The first-order valence-corrected chi connectivity index (χ1v) is 9.52. The van der Waals surface area contributed by atoms with E-state index >= 15 is 0 Å². The van der Waals surface area contributed by atoms with Gasteiger partial charge in [-0.15, -0.1) is 0 Å². The highest BCUT2D eigenvalue weighted by Crippen LogP contribution is 2.40. The molecular weight excluding hydrogens is 306 g/mol. The second-order valence-corrected chi connectivity index (χ2v) is 7.29. The third-order valence-corrected chi connectivity index (χ3v) is 5.58. The molecule has 1 heterocycles. The largest absolute Gasteiger partial charge is 0.486 e. The first kappa shape index (κ1) is 17.4. The summed E-state index contributed by atoms with van der Waals surface area (Å²) in [5.74, 6) is -0.537. The summed E-state index contributed by atoms with van der Waals surface area (Å²) in [7, 11) is 0. The van der Waals surface area contributed by atoms with E-state index in [1.54, 1.807) is 0 Å². The van der Waals surface area contributed by atoms with Gasteiger partial charge < -0.3 is 4.74 Å². The Kier molecular flexibility index (Phi) is 5.91. The molecule has 24 heavy (non-hydrogen) atoms. The topological polar surface area (TPSA) is 9.23 Å². The molecule has 0 amide bonds. The fourth-order valence-electron chi connectivity index (χ4n) is 4.18. The van der Waals surface area contributed by atoms with E-state index in [9.17, 15) is 8.78 Å². The molecule has 132 valence electrons. The van der Waals surface area contributed by atoms with Crippen LogP contribution in [-0.4, -0.2) is 6.61 Å². The molecule has 2 aliphatic rings. The van der Waals surface area contributed by atoms with E-state index in [-0.39, 0.29) is 11.7 Å². The number of hydrogen-bond acceptors (Lipinski definition) is 1. The zero-order valence-electron chi connectivity index (χ0n) is 14.6. The summed E-state index contributed by atoms with van der Waals surface area (Å²) in [6, 6.07) is 1.81. The van der Waals surface area contributed by atoms with Gasteiger partial charge in [0.05, 0.1) is 0 Å². The van der Waals surface area contributed by atoms with E-state index in [1.807, 2.05) is 18.2 Å². The third kappa shape index (κ3) is 3.81. The molecule has 0 spiro atoms. The molecular formula is C21H28F2O. The van der Waals surface area contributed by atoms with Gasteiger partial charge in [0.25, 0.3) is 0 Å². The zero-order chi connectivity index (χ0) is 16.9. The van der Waals surface area contributed by atoms with Crippen molar-refractivity contribution >= 4 is 6.08 Å². The van der Waals surface area contributed by atoms with Crippen LogP contribution in [0.3, 0.4) is 0 Å². The molecule has 2 unspecified atom stereocenters. The van der Waals surface area contributed by atoms with E-state index in [2.05, 4.69) is 6.92 Å². The van der Waals surface area contributed by atoms with Crippen LogP contribution in [0.1, 0.15) is 81.8 Å². The SMILES string of the molecule is CCCCCC1CCCC(c2cc3c(c(F)c2F)OCC=C3)CC1. The average molecular weight is 334 g/mol. The first-order chi connectivity index (χ1) is 11.7. The van der Waals surface area contributed by atoms with Crippen LogP contribution in [0, 0.1) is 17.6 Å². The van der Waals surface area contributed by atoms with Crippen molar-refractivity contribution < 1.29 is 13.5 Å². The van der Waals surface area contributed by atoms with Crippen molar-refractivity contribution in [3.63, 3.8) is 0 Å².